The normalized spacial score (nSPS) is 14.0. The minimum absolute atomic E-state index is 0.182. The third-order valence-corrected chi connectivity index (χ3v) is 6.27. The molecule has 1 saturated heterocycles. The van der Waals surface area contributed by atoms with Crippen LogP contribution in [0.25, 0.3) is 16.7 Å². The van der Waals surface area contributed by atoms with Crippen LogP contribution in [-0.4, -0.2) is 53.6 Å². The molecule has 0 saturated carbocycles. The molecule has 1 aliphatic heterocycles. The summed E-state index contributed by atoms with van der Waals surface area (Å²) in [7, 11) is 1.70. The van der Waals surface area contributed by atoms with E-state index in [4.69, 9.17) is 9.72 Å². The van der Waals surface area contributed by atoms with E-state index < -0.39 is 0 Å². The molecule has 0 radical (unpaired) electrons. The Morgan fingerprint density at radius 2 is 1.58 bits per heavy atom. The van der Waals surface area contributed by atoms with Crippen LogP contribution >= 0.6 is 0 Å². The fourth-order valence-corrected chi connectivity index (χ4v) is 4.57. The maximum absolute atomic E-state index is 13.0. The first-order chi connectivity index (χ1) is 16.2. The van der Waals surface area contributed by atoms with Crippen LogP contribution in [0.15, 0.2) is 78.9 Å². The van der Waals surface area contributed by atoms with Gasteiger partial charge in [-0.05, 0) is 36.4 Å². The molecule has 3 aromatic carbocycles. The van der Waals surface area contributed by atoms with Gasteiger partial charge < -0.3 is 14.5 Å². The summed E-state index contributed by atoms with van der Waals surface area (Å²) in [5.74, 6) is 1.97. The van der Waals surface area contributed by atoms with E-state index in [2.05, 4.69) is 33.7 Å². The Morgan fingerprint density at radius 3 is 2.36 bits per heavy atom. The first-order valence-corrected chi connectivity index (χ1v) is 11.4. The maximum atomic E-state index is 13.0. The molecule has 2 heterocycles. The average Bonchev–Trinajstić information content (AvgIpc) is 3.26. The summed E-state index contributed by atoms with van der Waals surface area (Å²) in [5, 5.41) is 0. The van der Waals surface area contributed by atoms with E-state index in [1.165, 1.54) is 0 Å². The number of para-hydroxylation sites is 5. The van der Waals surface area contributed by atoms with Gasteiger partial charge >= 0.3 is 0 Å². The van der Waals surface area contributed by atoms with E-state index in [0.717, 1.165) is 47.1 Å². The highest BCUT2D eigenvalue weighted by Crippen LogP contribution is 2.28. The molecule has 33 heavy (non-hydrogen) atoms. The van der Waals surface area contributed by atoms with Crippen LogP contribution in [0.2, 0.25) is 0 Å². The molecular weight excluding hydrogens is 412 g/mol. The molecule has 0 spiro atoms. The molecule has 6 nitrogen and oxygen atoms in total. The van der Waals surface area contributed by atoms with Crippen LogP contribution in [-0.2, 0) is 11.2 Å². The fourth-order valence-electron chi connectivity index (χ4n) is 4.57. The molecule has 168 valence electrons. The van der Waals surface area contributed by atoms with E-state index in [9.17, 15) is 4.79 Å². The number of rotatable bonds is 6. The van der Waals surface area contributed by atoms with E-state index >= 15 is 0 Å². The number of carbonyl (C=O) groups excluding carboxylic acids is 1. The van der Waals surface area contributed by atoms with E-state index in [1.54, 1.807) is 7.11 Å². The van der Waals surface area contributed by atoms with Crippen molar-refractivity contribution in [1.82, 2.24) is 14.5 Å². The smallest absolute Gasteiger partial charge is 0.223 e. The summed E-state index contributed by atoms with van der Waals surface area (Å²) in [6.07, 6.45) is 1.06. The van der Waals surface area contributed by atoms with Crippen molar-refractivity contribution in [3.05, 3.63) is 84.7 Å². The van der Waals surface area contributed by atoms with E-state index in [-0.39, 0.29) is 5.91 Å². The van der Waals surface area contributed by atoms with Gasteiger partial charge in [-0.15, -0.1) is 0 Å². The zero-order valence-electron chi connectivity index (χ0n) is 18.9. The molecule has 0 unspecified atom stereocenters. The Hall–Kier alpha value is -3.80. The van der Waals surface area contributed by atoms with Crippen molar-refractivity contribution in [2.45, 2.75) is 12.8 Å². The van der Waals surface area contributed by atoms with Gasteiger partial charge in [0.1, 0.15) is 11.6 Å². The van der Waals surface area contributed by atoms with Crippen molar-refractivity contribution in [1.29, 1.82) is 0 Å². The highest BCUT2D eigenvalue weighted by molar-refractivity contribution is 5.79. The molecule has 6 heteroatoms. The lowest BCUT2D eigenvalue weighted by Crippen LogP contribution is -2.49. The zero-order valence-corrected chi connectivity index (χ0v) is 18.9. The minimum atomic E-state index is 0.182. The highest BCUT2D eigenvalue weighted by Gasteiger charge is 2.23. The third kappa shape index (κ3) is 4.29. The van der Waals surface area contributed by atoms with Crippen LogP contribution in [0.1, 0.15) is 12.2 Å². The molecule has 1 fully saturated rings. The Labute approximate surface area is 194 Å². The molecule has 0 aliphatic carbocycles. The van der Waals surface area contributed by atoms with E-state index in [0.29, 0.717) is 25.9 Å². The summed E-state index contributed by atoms with van der Waals surface area (Å²) in [6.45, 7) is 3.03. The standard InChI is InChI=1S/C27H28N4O2/c1-33-25-14-8-7-13-24(25)29-17-19-30(20-18-29)27(32)16-15-26-28-22-11-5-6-12-23(22)31(26)21-9-3-2-4-10-21/h2-14H,15-20H2,1H3. The number of aromatic nitrogens is 2. The maximum Gasteiger partial charge on any atom is 0.223 e. The van der Waals surface area contributed by atoms with Crippen LogP contribution < -0.4 is 9.64 Å². The Kier molecular flexibility index (Phi) is 5.98. The number of ether oxygens (including phenoxy) is 1. The third-order valence-electron chi connectivity index (χ3n) is 6.27. The average molecular weight is 441 g/mol. The molecule has 0 bridgehead atoms. The lowest BCUT2D eigenvalue weighted by atomic mass is 10.2. The van der Waals surface area contributed by atoms with Crippen LogP contribution in [0.3, 0.4) is 0 Å². The summed E-state index contributed by atoms with van der Waals surface area (Å²) in [4.78, 5) is 22.2. The lowest BCUT2D eigenvalue weighted by molar-refractivity contribution is -0.131. The van der Waals surface area contributed by atoms with Crippen molar-refractivity contribution < 1.29 is 9.53 Å². The Morgan fingerprint density at radius 1 is 0.879 bits per heavy atom. The van der Waals surface area contributed by atoms with Gasteiger partial charge in [0.15, 0.2) is 0 Å². The number of benzene rings is 3. The molecule has 1 aliphatic rings. The monoisotopic (exact) mass is 440 g/mol. The molecule has 0 atom stereocenters. The second-order valence-electron chi connectivity index (χ2n) is 8.23. The first kappa shape index (κ1) is 21.1. The summed E-state index contributed by atoms with van der Waals surface area (Å²) < 4.78 is 7.67. The number of imidazole rings is 1. The number of aryl methyl sites for hydroxylation is 1. The van der Waals surface area contributed by atoms with Gasteiger partial charge in [0, 0.05) is 44.7 Å². The molecule has 0 N–H and O–H groups in total. The topological polar surface area (TPSA) is 50.6 Å². The van der Waals surface area contributed by atoms with Crippen LogP contribution in [0.5, 0.6) is 5.75 Å². The van der Waals surface area contributed by atoms with Crippen molar-refractivity contribution in [3.63, 3.8) is 0 Å². The number of methoxy groups -OCH3 is 1. The van der Waals surface area contributed by atoms with Gasteiger partial charge in [0.2, 0.25) is 5.91 Å². The molecule has 4 aromatic rings. The second kappa shape index (κ2) is 9.36. The van der Waals surface area contributed by atoms with Gasteiger partial charge in [0.25, 0.3) is 0 Å². The van der Waals surface area contributed by atoms with Gasteiger partial charge in [0.05, 0.1) is 23.8 Å². The Balaban J connectivity index is 1.27. The molecular formula is C27H28N4O2. The number of hydrogen-bond acceptors (Lipinski definition) is 4. The highest BCUT2D eigenvalue weighted by atomic mass is 16.5. The second-order valence-corrected chi connectivity index (χ2v) is 8.23. The van der Waals surface area contributed by atoms with Crippen LogP contribution in [0, 0.1) is 0 Å². The minimum Gasteiger partial charge on any atom is -0.495 e. The van der Waals surface area contributed by atoms with Gasteiger partial charge in [-0.1, -0.05) is 42.5 Å². The summed E-state index contributed by atoms with van der Waals surface area (Å²) in [6, 6.07) is 26.4. The quantitative estimate of drug-likeness (QED) is 0.448. The number of fused-ring (bicyclic) bond motifs is 1. The zero-order chi connectivity index (χ0) is 22.6. The predicted molar refractivity (Wildman–Crippen MR) is 131 cm³/mol. The van der Waals surface area contributed by atoms with E-state index in [1.807, 2.05) is 59.5 Å². The summed E-state index contributed by atoms with van der Waals surface area (Å²) >= 11 is 0. The molecule has 1 amide bonds. The molecule has 1 aromatic heterocycles. The first-order valence-electron chi connectivity index (χ1n) is 11.4. The van der Waals surface area contributed by atoms with Crippen LogP contribution in [0.4, 0.5) is 5.69 Å². The Bertz CT molecular complexity index is 1240. The number of carbonyl (C=O) groups is 1. The largest absolute Gasteiger partial charge is 0.495 e. The number of anilines is 1. The van der Waals surface area contributed by atoms with Crippen molar-refractivity contribution >= 4 is 22.6 Å². The SMILES string of the molecule is COc1ccccc1N1CCN(C(=O)CCc2nc3ccccc3n2-c2ccccc2)CC1. The van der Waals surface area contributed by atoms with Gasteiger partial charge in [-0.3, -0.25) is 9.36 Å². The van der Waals surface area contributed by atoms with Crippen molar-refractivity contribution in [3.8, 4) is 11.4 Å². The number of amides is 1. The van der Waals surface area contributed by atoms with Crippen molar-refractivity contribution in [2.24, 2.45) is 0 Å². The summed E-state index contributed by atoms with van der Waals surface area (Å²) in [5.41, 5.74) is 4.17. The van der Waals surface area contributed by atoms with Gasteiger partial charge in [-0.25, -0.2) is 4.98 Å². The number of piperazine rings is 1. The molecule has 5 rings (SSSR count). The van der Waals surface area contributed by atoms with Gasteiger partial charge in [-0.2, -0.15) is 0 Å². The predicted octanol–water partition coefficient (Wildman–Crippen LogP) is 4.32. The van der Waals surface area contributed by atoms with Crippen molar-refractivity contribution in [2.75, 3.05) is 38.2 Å². The number of hydrogen-bond donors (Lipinski definition) is 0. The fraction of sp³-hybridized carbons (Fsp3) is 0.259. The number of nitrogens with zero attached hydrogens (tertiary/aromatic N) is 4. The lowest BCUT2D eigenvalue weighted by Gasteiger charge is -2.36.